The molecule has 8 heteroatoms. The molecule has 0 aromatic heterocycles. The van der Waals surface area contributed by atoms with Crippen molar-refractivity contribution < 1.29 is 35.9 Å². The first-order chi connectivity index (χ1) is 6.46. The van der Waals surface area contributed by atoms with Gasteiger partial charge in [0.05, 0.1) is 6.10 Å². The molecular formula is C7H8F6O2. The van der Waals surface area contributed by atoms with Crippen molar-refractivity contribution in [3.63, 3.8) is 0 Å². The summed E-state index contributed by atoms with van der Waals surface area (Å²) in [6.07, 6.45) is -12.4. The van der Waals surface area contributed by atoms with Gasteiger partial charge in [0.15, 0.2) is 0 Å². The van der Waals surface area contributed by atoms with E-state index in [0.29, 0.717) is 0 Å². The highest BCUT2D eigenvalue weighted by Crippen LogP contribution is 2.40. The highest BCUT2D eigenvalue weighted by atomic mass is 19.4. The molecule has 0 saturated carbocycles. The van der Waals surface area contributed by atoms with E-state index < -0.39 is 30.3 Å². The van der Waals surface area contributed by atoms with Gasteiger partial charge >= 0.3 is 18.3 Å². The van der Waals surface area contributed by atoms with Crippen LogP contribution >= 0.6 is 0 Å². The standard InChI is InChI=1S/C7H8F6O2/c1-3(2)15-5(14)4(6(8,9)10)7(11,12)13/h3-4H,1-2H3. The molecule has 0 fully saturated rings. The van der Waals surface area contributed by atoms with Gasteiger partial charge in [-0.2, -0.15) is 26.3 Å². The van der Waals surface area contributed by atoms with Crippen LogP contribution in [0, 0.1) is 5.92 Å². The summed E-state index contributed by atoms with van der Waals surface area (Å²) >= 11 is 0. The fourth-order valence-electron chi connectivity index (χ4n) is 0.753. The Labute approximate surface area is 81.2 Å². The Hall–Kier alpha value is -0.950. The van der Waals surface area contributed by atoms with E-state index in [9.17, 15) is 31.1 Å². The summed E-state index contributed by atoms with van der Waals surface area (Å²) in [5.41, 5.74) is 0. The van der Waals surface area contributed by atoms with Gasteiger partial charge in [0, 0.05) is 0 Å². The molecule has 0 radical (unpaired) electrons. The average Bonchev–Trinajstić information content (AvgIpc) is 1.74. The van der Waals surface area contributed by atoms with Crippen molar-refractivity contribution in [3.8, 4) is 0 Å². The van der Waals surface area contributed by atoms with Gasteiger partial charge in [-0.3, -0.25) is 4.79 Å². The lowest BCUT2D eigenvalue weighted by Crippen LogP contribution is -2.43. The monoisotopic (exact) mass is 238 g/mol. The van der Waals surface area contributed by atoms with Crippen molar-refractivity contribution in [2.24, 2.45) is 5.92 Å². The number of hydrogen-bond donors (Lipinski definition) is 0. The molecule has 15 heavy (non-hydrogen) atoms. The van der Waals surface area contributed by atoms with Gasteiger partial charge in [0.1, 0.15) is 0 Å². The fraction of sp³-hybridized carbons (Fsp3) is 0.857. The number of rotatable bonds is 2. The van der Waals surface area contributed by atoms with E-state index >= 15 is 0 Å². The van der Waals surface area contributed by atoms with Crippen molar-refractivity contribution in [2.75, 3.05) is 0 Å². The van der Waals surface area contributed by atoms with Crippen LogP contribution in [0.25, 0.3) is 0 Å². The highest BCUT2D eigenvalue weighted by Gasteiger charge is 2.62. The number of esters is 1. The van der Waals surface area contributed by atoms with E-state index in [4.69, 9.17) is 0 Å². The van der Waals surface area contributed by atoms with E-state index in [1.165, 1.54) is 0 Å². The first-order valence-corrected chi connectivity index (χ1v) is 3.80. The fourth-order valence-corrected chi connectivity index (χ4v) is 0.753. The molecule has 0 rings (SSSR count). The Morgan fingerprint density at radius 1 is 1.00 bits per heavy atom. The van der Waals surface area contributed by atoms with Crippen molar-refractivity contribution in [2.45, 2.75) is 32.3 Å². The maximum atomic E-state index is 11.9. The predicted molar refractivity (Wildman–Crippen MR) is 36.8 cm³/mol. The Morgan fingerprint density at radius 2 is 1.33 bits per heavy atom. The molecule has 0 N–H and O–H groups in total. The van der Waals surface area contributed by atoms with Crippen LogP contribution in [0.3, 0.4) is 0 Å². The second-order valence-corrected chi connectivity index (χ2v) is 3.00. The van der Waals surface area contributed by atoms with Crippen LogP contribution in [-0.2, 0) is 9.53 Å². The minimum atomic E-state index is -5.69. The zero-order valence-corrected chi connectivity index (χ0v) is 7.74. The molecule has 0 aliphatic carbocycles. The number of ether oxygens (including phenoxy) is 1. The maximum Gasteiger partial charge on any atom is 0.411 e. The number of hydrogen-bond acceptors (Lipinski definition) is 2. The van der Waals surface area contributed by atoms with Gasteiger partial charge in [-0.1, -0.05) is 0 Å². The van der Waals surface area contributed by atoms with E-state index in [2.05, 4.69) is 4.74 Å². The molecule has 0 unspecified atom stereocenters. The van der Waals surface area contributed by atoms with E-state index in [1.54, 1.807) is 0 Å². The second kappa shape index (κ2) is 4.28. The van der Waals surface area contributed by atoms with E-state index in [1.807, 2.05) is 0 Å². The van der Waals surface area contributed by atoms with Gasteiger partial charge in [-0.15, -0.1) is 0 Å². The quantitative estimate of drug-likeness (QED) is 0.546. The van der Waals surface area contributed by atoms with Crippen molar-refractivity contribution in [1.29, 1.82) is 0 Å². The zero-order chi connectivity index (χ0) is 12.4. The summed E-state index contributed by atoms with van der Waals surface area (Å²) in [4.78, 5) is 10.6. The zero-order valence-electron chi connectivity index (χ0n) is 7.74. The first-order valence-electron chi connectivity index (χ1n) is 3.80. The van der Waals surface area contributed by atoms with Crippen LogP contribution in [0.5, 0.6) is 0 Å². The van der Waals surface area contributed by atoms with E-state index in [-0.39, 0.29) is 0 Å². The highest BCUT2D eigenvalue weighted by molar-refractivity contribution is 5.74. The van der Waals surface area contributed by atoms with Crippen LogP contribution in [0.1, 0.15) is 13.8 Å². The van der Waals surface area contributed by atoms with Crippen LogP contribution in [0.15, 0.2) is 0 Å². The third kappa shape index (κ3) is 4.39. The third-order valence-electron chi connectivity index (χ3n) is 1.24. The Balaban J connectivity index is 4.90. The molecule has 0 heterocycles. The molecule has 0 bridgehead atoms. The summed E-state index contributed by atoms with van der Waals surface area (Å²) in [7, 11) is 0. The molecule has 0 aromatic carbocycles. The topological polar surface area (TPSA) is 26.3 Å². The van der Waals surface area contributed by atoms with Gasteiger partial charge in [0.25, 0.3) is 0 Å². The summed E-state index contributed by atoms with van der Waals surface area (Å²) in [6.45, 7) is 2.31. The van der Waals surface area contributed by atoms with Gasteiger partial charge in [-0.05, 0) is 13.8 Å². The van der Waals surface area contributed by atoms with Crippen molar-refractivity contribution in [3.05, 3.63) is 0 Å². The number of carbonyl (C=O) groups excluding carboxylic acids is 1. The summed E-state index contributed by atoms with van der Waals surface area (Å²) < 4.78 is 75.3. The summed E-state index contributed by atoms with van der Waals surface area (Å²) in [5.74, 6) is -6.41. The third-order valence-corrected chi connectivity index (χ3v) is 1.24. The molecule has 0 saturated heterocycles. The number of carbonyl (C=O) groups is 1. The Bertz CT molecular complexity index is 215. The molecule has 0 aromatic rings. The second-order valence-electron chi connectivity index (χ2n) is 3.00. The first kappa shape index (κ1) is 14.0. The van der Waals surface area contributed by atoms with Crippen molar-refractivity contribution >= 4 is 5.97 Å². The Morgan fingerprint density at radius 3 is 1.53 bits per heavy atom. The van der Waals surface area contributed by atoms with Crippen LogP contribution < -0.4 is 0 Å². The predicted octanol–water partition coefficient (Wildman–Crippen LogP) is 2.68. The van der Waals surface area contributed by atoms with Crippen LogP contribution in [-0.4, -0.2) is 24.4 Å². The van der Waals surface area contributed by atoms with Crippen LogP contribution in [0.4, 0.5) is 26.3 Å². The lowest BCUT2D eigenvalue weighted by atomic mass is 10.1. The molecule has 90 valence electrons. The maximum absolute atomic E-state index is 11.9. The average molecular weight is 238 g/mol. The molecule has 0 amide bonds. The molecule has 0 aliphatic rings. The molecule has 2 nitrogen and oxygen atoms in total. The number of alkyl halides is 6. The summed E-state index contributed by atoms with van der Waals surface area (Å²) in [6, 6.07) is 0. The van der Waals surface area contributed by atoms with Gasteiger partial charge in [-0.25, -0.2) is 0 Å². The molecule has 0 atom stereocenters. The lowest BCUT2D eigenvalue weighted by molar-refractivity contribution is -0.282. The Kier molecular flexibility index (Phi) is 4.01. The molecular weight excluding hydrogens is 230 g/mol. The van der Waals surface area contributed by atoms with Gasteiger partial charge < -0.3 is 4.74 Å². The van der Waals surface area contributed by atoms with Crippen LogP contribution in [0.2, 0.25) is 0 Å². The van der Waals surface area contributed by atoms with Gasteiger partial charge in [0.2, 0.25) is 5.92 Å². The van der Waals surface area contributed by atoms with E-state index in [0.717, 1.165) is 13.8 Å². The number of halogens is 6. The smallest absolute Gasteiger partial charge is 0.411 e. The minimum absolute atomic E-state index is 1.04. The van der Waals surface area contributed by atoms with Crippen molar-refractivity contribution in [1.82, 2.24) is 0 Å². The molecule has 0 aliphatic heterocycles. The minimum Gasteiger partial charge on any atom is -0.462 e. The SMILES string of the molecule is CC(C)OC(=O)C(C(F)(F)F)C(F)(F)F. The largest absolute Gasteiger partial charge is 0.462 e. The summed E-state index contributed by atoms with van der Waals surface area (Å²) in [5, 5.41) is 0. The lowest BCUT2D eigenvalue weighted by Gasteiger charge is -2.22. The molecule has 0 spiro atoms. The normalized spacial score (nSPS) is 13.5.